The highest BCUT2D eigenvalue weighted by Crippen LogP contribution is 2.30. The molecular formula is C24H36N4O2. The normalized spacial score (nSPS) is 24.3. The Bertz CT molecular complexity index is 706. The Morgan fingerprint density at radius 2 is 1.07 bits per heavy atom. The molecule has 0 radical (unpaired) electrons. The summed E-state index contributed by atoms with van der Waals surface area (Å²) in [4.78, 5) is 10.3. The van der Waals surface area contributed by atoms with Crippen LogP contribution in [0.2, 0.25) is 0 Å². The van der Waals surface area contributed by atoms with Crippen molar-refractivity contribution >= 4 is 10.8 Å². The molecule has 0 amide bonds. The maximum absolute atomic E-state index is 5.57. The van der Waals surface area contributed by atoms with E-state index in [1.165, 1.54) is 10.8 Å². The van der Waals surface area contributed by atoms with Crippen LogP contribution < -0.4 is 0 Å². The summed E-state index contributed by atoms with van der Waals surface area (Å²) in [5.74, 6) is 0.0144. The number of hydrogen-bond donors (Lipinski definition) is 0. The maximum atomic E-state index is 5.57. The first-order chi connectivity index (χ1) is 14.7. The molecule has 3 aliphatic heterocycles. The van der Waals surface area contributed by atoms with Crippen LogP contribution in [0.25, 0.3) is 10.8 Å². The quantitative estimate of drug-likeness (QED) is 0.750. The third kappa shape index (κ3) is 4.69. The van der Waals surface area contributed by atoms with Crippen molar-refractivity contribution in [3.8, 4) is 0 Å². The molecule has 3 heterocycles. The van der Waals surface area contributed by atoms with Crippen molar-refractivity contribution in [2.24, 2.45) is 0 Å². The predicted molar refractivity (Wildman–Crippen MR) is 122 cm³/mol. The molecule has 0 atom stereocenters. The first-order valence-corrected chi connectivity index (χ1v) is 11.2. The molecule has 0 N–H and O–H groups in total. The summed E-state index contributed by atoms with van der Waals surface area (Å²) < 4.78 is 11.1. The number of benzene rings is 2. The Morgan fingerprint density at radius 1 is 0.633 bits per heavy atom. The van der Waals surface area contributed by atoms with E-state index >= 15 is 0 Å². The molecule has 30 heavy (non-hydrogen) atoms. The van der Waals surface area contributed by atoms with Gasteiger partial charge in [-0.2, -0.15) is 0 Å². The minimum absolute atomic E-state index is 0.0144. The second-order valence-corrected chi connectivity index (χ2v) is 8.48. The molecule has 0 aliphatic carbocycles. The number of morpholine rings is 2. The van der Waals surface area contributed by atoms with Gasteiger partial charge in [0.25, 0.3) is 0 Å². The van der Waals surface area contributed by atoms with Crippen molar-refractivity contribution in [2.75, 3.05) is 86.3 Å². The van der Waals surface area contributed by atoms with Crippen LogP contribution in [0.4, 0.5) is 0 Å². The van der Waals surface area contributed by atoms with Gasteiger partial charge < -0.3 is 14.4 Å². The molecule has 0 aromatic heterocycles. The van der Waals surface area contributed by atoms with Gasteiger partial charge in [-0.3, -0.25) is 14.7 Å². The predicted octanol–water partition coefficient (Wildman–Crippen LogP) is 2.02. The molecule has 164 valence electrons. The lowest BCUT2D eigenvalue weighted by Crippen LogP contribution is -2.78. The Morgan fingerprint density at radius 3 is 1.50 bits per heavy atom. The summed E-state index contributed by atoms with van der Waals surface area (Å²) in [5, 5.41) is 2.62. The number of likely N-dealkylation sites (N-methyl/N-ethyl adjacent to an activating group) is 2. The number of piperazine rings is 1. The van der Waals surface area contributed by atoms with E-state index in [2.05, 4.69) is 82.2 Å². The largest absolute Gasteiger partial charge is 0.379 e. The average molecular weight is 413 g/mol. The van der Waals surface area contributed by atoms with Crippen LogP contribution >= 0.6 is 0 Å². The Kier molecular flexibility index (Phi) is 7.36. The Labute approximate surface area is 180 Å². The SMILES string of the molecule is CN1CCN(C)C(N2CCOCC2)(N2CCOCC2)C1.c1ccc2ccccc2c1. The monoisotopic (exact) mass is 412 g/mol. The van der Waals surface area contributed by atoms with Gasteiger partial charge in [-0.05, 0) is 24.9 Å². The molecule has 0 spiro atoms. The lowest BCUT2D eigenvalue weighted by molar-refractivity contribution is -0.221. The molecule has 0 saturated carbocycles. The standard InChI is InChI=1S/C14H28N4O2.C10H8/c1-15-3-4-16(2)14(13-15,17-5-9-19-10-6-17)18-7-11-20-12-8-18;1-2-6-10-8-4-3-7-9(10)5-1/h3-13H2,1-2H3;1-8H. The van der Waals surface area contributed by atoms with Crippen molar-refractivity contribution in [3.63, 3.8) is 0 Å². The van der Waals surface area contributed by atoms with Crippen LogP contribution in [-0.2, 0) is 9.47 Å². The molecule has 2 aromatic carbocycles. The van der Waals surface area contributed by atoms with Gasteiger partial charge in [0.15, 0.2) is 0 Å². The molecule has 6 nitrogen and oxygen atoms in total. The minimum Gasteiger partial charge on any atom is -0.379 e. The molecule has 5 rings (SSSR count). The summed E-state index contributed by atoms with van der Waals surface area (Å²) >= 11 is 0. The zero-order valence-electron chi connectivity index (χ0n) is 18.5. The van der Waals surface area contributed by atoms with E-state index in [-0.39, 0.29) is 5.79 Å². The second kappa shape index (κ2) is 10.2. The van der Waals surface area contributed by atoms with E-state index in [9.17, 15) is 0 Å². The van der Waals surface area contributed by atoms with Crippen LogP contribution in [0.3, 0.4) is 0 Å². The summed E-state index contributed by atoms with van der Waals surface area (Å²) in [5.41, 5.74) is 0. The summed E-state index contributed by atoms with van der Waals surface area (Å²) in [6, 6.07) is 16.7. The van der Waals surface area contributed by atoms with E-state index in [1.807, 2.05) is 0 Å². The average Bonchev–Trinajstić information content (AvgIpc) is 2.82. The number of fused-ring (bicyclic) bond motifs is 1. The lowest BCUT2D eigenvalue weighted by Gasteiger charge is -2.60. The first kappa shape index (κ1) is 21.7. The zero-order chi connectivity index (χ0) is 20.8. The minimum atomic E-state index is 0.0144. The van der Waals surface area contributed by atoms with Crippen molar-refractivity contribution in [1.82, 2.24) is 19.6 Å². The topological polar surface area (TPSA) is 31.4 Å². The Hall–Kier alpha value is -1.54. The van der Waals surface area contributed by atoms with Gasteiger partial charge >= 0.3 is 0 Å². The van der Waals surface area contributed by atoms with E-state index in [4.69, 9.17) is 9.47 Å². The van der Waals surface area contributed by atoms with Crippen molar-refractivity contribution < 1.29 is 9.47 Å². The molecular weight excluding hydrogens is 376 g/mol. The van der Waals surface area contributed by atoms with Crippen LogP contribution in [-0.4, -0.2) is 112 Å². The number of ether oxygens (including phenoxy) is 2. The fourth-order valence-corrected chi connectivity index (χ4v) is 4.92. The van der Waals surface area contributed by atoms with Crippen molar-refractivity contribution in [2.45, 2.75) is 5.79 Å². The van der Waals surface area contributed by atoms with E-state index in [1.54, 1.807) is 0 Å². The number of hydrogen-bond acceptors (Lipinski definition) is 6. The third-order valence-electron chi connectivity index (χ3n) is 6.60. The highest BCUT2D eigenvalue weighted by molar-refractivity contribution is 5.81. The second-order valence-electron chi connectivity index (χ2n) is 8.48. The molecule has 0 unspecified atom stereocenters. The smallest absolute Gasteiger partial charge is 0.144 e. The molecule has 6 heteroatoms. The summed E-state index contributed by atoms with van der Waals surface area (Å²) in [7, 11) is 4.51. The van der Waals surface area contributed by atoms with Crippen molar-refractivity contribution in [1.29, 1.82) is 0 Å². The van der Waals surface area contributed by atoms with Crippen LogP contribution in [0, 0.1) is 0 Å². The van der Waals surface area contributed by atoms with Gasteiger partial charge in [0, 0.05) is 45.8 Å². The highest BCUT2D eigenvalue weighted by atomic mass is 16.5. The van der Waals surface area contributed by atoms with Gasteiger partial charge in [-0.1, -0.05) is 48.5 Å². The van der Waals surface area contributed by atoms with Crippen LogP contribution in [0.1, 0.15) is 0 Å². The molecule has 3 fully saturated rings. The Balaban J connectivity index is 0.000000181. The van der Waals surface area contributed by atoms with Crippen LogP contribution in [0.5, 0.6) is 0 Å². The van der Waals surface area contributed by atoms with Gasteiger partial charge in [-0.25, -0.2) is 0 Å². The third-order valence-corrected chi connectivity index (χ3v) is 6.60. The van der Waals surface area contributed by atoms with Crippen molar-refractivity contribution in [3.05, 3.63) is 48.5 Å². The van der Waals surface area contributed by atoms with E-state index in [0.29, 0.717) is 0 Å². The number of rotatable bonds is 2. The van der Waals surface area contributed by atoms with Gasteiger partial charge in [0.2, 0.25) is 0 Å². The molecule has 3 aliphatic rings. The molecule has 0 bridgehead atoms. The zero-order valence-corrected chi connectivity index (χ0v) is 18.5. The first-order valence-electron chi connectivity index (χ1n) is 11.2. The lowest BCUT2D eigenvalue weighted by atomic mass is 10.1. The maximum Gasteiger partial charge on any atom is 0.144 e. The van der Waals surface area contributed by atoms with Crippen LogP contribution in [0.15, 0.2) is 48.5 Å². The van der Waals surface area contributed by atoms with E-state index in [0.717, 1.165) is 72.2 Å². The van der Waals surface area contributed by atoms with Gasteiger partial charge in [-0.15, -0.1) is 0 Å². The highest BCUT2D eigenvalue weighted by Gasteiger charge is 2.49. The van der Waals surface area contributed by atoms with Gasteiger partial charge in [0.05, 0.1) is 26.4 Å². The van der Waals surface area contributed by atoms with E-state index < -0.39 is 0 Å². The summed E-state index contributed by atoms with van der Waals surface area (Å²) in [6.45, 7) is 10.8. The molecule has 3 saturated heterocycles. The summed E-state index contributed by atoms with van der Waals surface area (Å²) in [6.07, 6.45) is 0. The molecule has 2 aromatic rings. The van der Waals surface area contributed by atoms with Gasteiger partial charge in [0.1, 0.15) is 5.79 Å². The fraction of sp³-hybridized carbons (Fsp3) is 0.583. The fourth-order valence-electron chi connectivity index (χ4n) is 4.92. The number of nitrogens with zero attached hydrogens (tertiary/aromatic N) is 4.